The van der Waals surface area contributed by atoms with E-state index >= 15 is 0 Å². The Labute approximate surface area is 299 Å². The van der Waals surface area contributed by atoms with Gasteiger partial charge in [0.25, 0.3) is 0 Å². The molecular formula is C44H60O2S2. The van der Waals surface area contributed by atoms with Gasteiger partial charge in [-0.2, -0.15) is 23.5 Å². The SMILES string of the molecule is Cc1cc(CS[C@H]2CCCCCC[C@@H]2SCc2cc(C)cc(C34CC5CC(CC(C5)C3)C4)c2O)c(O)c(C23CC4CC(CC(C4)C2)C3)c1. The quantitative estimate of drug-likeness (QED) is 0.290. The van der Waals surface area contributed by atoms with Crippen LogP contribution in [-0.2, 0) is 22.3 Å². The lowest BCUT2D eigenvalue weighted by Crippen LogP contribution is -2.48. The topological polar surface area (TPSA) is 40.5 Å². The van der Waals surface area contributed by atoms with Crippen molar-refractivity contribution in [2.24, 2.45) is 35.5 Å². The Kier molecular flexibility index (Phi) is 8.67. The number of aromatic hydroxyl groups is 2. The van der Waals surface area contributed by atoms with Crippen molar-refractivity contribution in [3.63, 3.8) is 0 Å². The van der Waals surface area contributed by atoms with Crippen LogP contribution in [0.5, 0.6) is 11.5 Å². The molecular weight excluding hydrogens is 625 g/mol. The van der Waals surface area contributed by atoms with Gasteiger partial charge < -0.3 is 10.2 Å². The number of phenolic OH excluding ortho intramolecular Hbond substituents is 2. The van der Waals surface area contributed by atoms with Crippen LogP contribution in [0.15, 0.2) is 24.3 Å². The molecule has 0 aromatic heterocycles. The molecule has 4 heteroatoms. The molecule has 9 saturated carbocycles. The van der Waals surface area contributed by atoms with E-state index in [-0.39, 0.29) is 10.8 Å². The van der Waals surface area contributed by atoms with E-state index in [2.05, 4.69) is 61.6 Å². The second kappa shape index (κ2) is 12.8. The van der Waals surface area contributed by atoms with Crippen LogP contribution < -0.4 is 0 Å². The number of thioether (sulfide) groups is 2. The summed E-state index contributed by atoms with van der Waals surface area (Å²) in [5.74, 6) is 8.45. The molecule has 2 atom stereocenters. The van der Waals surface area contributed by atoms with Crippen LogP contribution in [0.2, 0.25) is 0 Å². The Morgan fingerprint density at radius 3 is 1.19 bits per heavy atom. The number of rotatable bonds is 8. The van der Waals surface area contributed by atoms with Crippen molar-refractivity contribution in [3.8, 4) is 11.5 Å². The van der Waals surface area contributed by atoms with Crippen molar-refractivity contribution in [1.82, 2.24) is 0 Å². The van der Waals surface area contributed by atoms with Gasteiger partial charge in [0.15, 0.2) is 0 Å². The standard InChI is InChI=1S/C44H60O2S2/c1-27-9-35(41(45)37(11-27)43-19-29-13-30(20-43)15-31(14-29)21-43)25-47-39-7-5-3-4-6-8-40(39)48-26-36-10-28(2)12-38(42(36)46)44-22-32-16-33(23-44)18-34(17-32)24-44/h9-12,29-34,39-40,45-46H,3-8,13-26H2,1-2H3/t29?,30?,31?,32?,33?,34?,39-,40-,43?,44?/m0/s1. The zero-order valence-electron chi connectivity index (χ0n) is 29.8. The first-order valence-corrected chi connectivity index (χ1v) is 22.2. The fraction of sp³-hybridized carbons (Fsp3) is 0.727. The number of benzene rings is 2. The minimum atomic E-state index is 0.230. The Morgan fingerprint density at radius 1 is 0.521 bits per heavy atom. The van der Waals surface area contributed by atoms with E-state index in [1.54, 1.807) is 0 Å². The first-order chi connectivity index (χ1) is 23.2. The fourth-order valence-corrected chi connectivity index (χ4v) is 16.9. The lowest BCUT2D eigenvalue weighted by Gasteiger charge is -2.57. The first kappa shape index (κ1) is 32.6. The first-order valence-electron chi connectivity index (χ1n) is 20.1. The highest BCUT2D eigenvalue weighted by atomic mass is 32.2. The third kappa shape index (κ3) is 5.97. The van der Waals surface area contributed by atoms with Gasteiger partial charge in [0.2, 0.25) is 0 Å². The summed E-state index contributed by atoms with van der Waals surface area (Å²) in [6.07, 6.45) is 24.4. The van der Waals surface area contributed by atoms with Crippen molar-refractivity contribution < 1.29 is 10.2 Å². The molecule has 8 bridgehead atoms. The third-order valence-corrected chi connectivity index (χ3v) is 18.0. The van der Waals surface area contributed by atoms with E-state index in [0.29, 0.717) is 22.0 Å². The molecule has 9 fully saturated rings. The highest BCUT2D eigenvalue weighted by Gasteiger charge is 2.54. The molecule has 0 amide bonds. The predicted molar refractivity (Wildman–Crippen MR) is 203 cm³/mol. The zero-order valence-corrected chi connectivity index (χ0v) is 31.4. The summed E-state index contributed by atoms with van der Waals surface area (Å²) < 4.78 is 0. The molecule has 0 heterocycles. The zero-order chi connectivity index (χ0) is 32.6. The summed E-state index contributed by atoms with van der Waals surface area (Å²) in [5.41, 5.74) is 8.13. The van der Waals surface area contributed by atoms with Crippen molar-refractivity contribution in [1.29, 1.82) is 0 Å². The van der Waals surface area contributed by atoms with Crippen LogP contribution in [0.3, 0.4) is 0 Å². The van der Waals surface area contributed by atoms with Crippen LogP contribution >= 0.6 is 23.5 Å². The average Bonchev–Trinajstić information content (AvgIpc) is 3.01. The number of phenols is 2. The van der Waals surface area contributed by atoms with E-state index in [1.165, 1.54) is 149 Å². The van der Waals surface area contributed by atoms with Crippen LogP contribution in [0.25, 0.3) is 0 Å². The molecule has 2 aromatic rings. The molecule has 0 unspecified atom stereocenters. The normalized spacial score (nSPS) is 39.9. The highest BCUT2D eigenvalue weighted by molar-refractivity contribution is 8.03. The minimum Gasteiger partial charge on any atom is -0.507 e. The maximum atomic E-state index is 11.9. The molecule has 48 heavy (non-hydrogen) atoms. The molecule has 0 saturated heterocycles. The second-order valence-electron chi connectivity index (χ2n) is 18.7. The van der Waals surface area contributed by atoms with Gasteiger partial charge in [-0.15, -0.1) is 0 Å². The molecule has 0 radical (unpaired) electrons. The van der Waals surface area contributed by atoms with Gasteiger partial charge in [-0.05, 0) is 150 Å². The maximum Gasteiger partial charge on any atom is 0.123 e. The van der Waals surface area contributed by atoms with E-state index in [0.717, 1.165) is 47.0 Å². The average molecular weight is 685 g/mol. The van der Waals surface area contributed by atoms with Gasteiger partial charge >= 0.3 is 0 Å². The molecule has 11 rings (SSSR count). The lowest BCUT2D eigenvalue weighted by molar-refractivity contribution is -0.00634. The van der Waals surface area contributed by atoms with E-state index in [1.807, 2.05) is 0 Å². The van der Waals surface area contributed by atoms with Crippen LogP contribution in [0, 0.1) is 49.4 Å². The Morgan fingerprint density at radius 2 is 0.854 bits per heavy atom. The van der Waals surface area contributed by atoms with Gasteiger partial charge in [0.05, 0.1) is 0 Å². The van der Waals surface area contributed by atoms with Gasteiger partial charge in [0, 0.05) is 44.3 Å². The minimum absolute atomic E-state index is 0.230. The van der Waals surface area contributed by atoms with Crippen LogP contribution in [0.1, 0.15) is 149 Å². The maximum absolute atomic E-state index is 11.9. The number of aryl methyl sites for hydroxylation is 2. The van der Waals surface area contributed by atoms with Crippen molar-refractivity contribution in [2.75, 3.05) is 0 Å². The third-order valence-electron chi connectivity index (χ3n) is 14.9. The molecule has 2 N–H and O–H groups in total. The summed E-state index contributed by atoms with van der Waals surface area (Å²) in [5, 5.41) is 25.1. The lowest BCUT2D eigenvalue weighted by atomic mass is 9.48. The van der Waals surface area contributed by atoms with Crippen LogP contribution in [-0.4, -0.2) is 20.7 Å². The van der Waals surface area contributed by atoms with E-state index in [4.69, 9.17) is 0 Å². The summed E-state index contributed by atoms with van der Waals surface area (Å²) in [6, 6.07) is 9.34. The molecule has 260 valence electrons. The fourth-order valence-electron chi connectivity index (χ4n) is 13.8. The van der Waals surface area contributed by atoms with Gasteiger partial charge in [-0.1, -0.05) is 61.1 Å². The molecule has 9 aliphatic rings. The summed E-state index contributed by atoms with van der Waals surface area (Å²) in [6.45, 7) is 4.52. The molecule has 0 aliphatic heterocycles. The predicted octanol–water partition coefficient (Wildman–Crippen LogP) is 11.9. The van der Waals surface area contributed by atoms with Gasteiger partial charge in [-0.3, -0.25) is 0 Å². The number of hydrogen-bond acceptors (Lipinski definition) is 4. The smallest absolute Gasteiger partial charge is 0.123 e. The molecule has 2 nitrogen and oxygen atoms in total. The molecule has 2 aromatic carbocycles. The summed E-state index contributed by atoms with van der Waals surface area (Å²) >= 11 is 4.26. The van der Waals surface area contributed by atoms with E-state index < -0.39 is 0 Å². The number of hydrogen-bond donors (Lipinski definition) is 2. The second-order valence-corrected chi connectivity index (χ2v) is 21.2. The van der Waals surface area contributed by atoms with Gasteiger partial charge in [0.1, 0.15) is 11.5 Å². The molecule has 9 aliphatic carbocycles. The Balaban J connectivity index is 0.927. The Hall–Kier alpha value is -1.26. The van der Waals surface area contributed by atoms with Gasteiger partial charge in [-0.25, -0.2) is 0 Å². The van der Waals surface area contributed by atoms with Crippen LogP contribution in [0.4, 0.5) is 0 Å². The summed E-state index contributed by atoms with van der Waals surface area (Å²) in [4.78, 5) is 0. The Bertz CT molecular complexity index is 1340. The monoisotopic (exact) mass is 684 g/mol. The van der Waals surface area contributed by atoms with Crippen molar-refractivity contribution in [2.45, 2.75) is 162 Å². The largest absolute Gasteiger partial charge is 0.507 e. The molecule has 0 spiro atoms. The van der Waals surface area contributed by atoms with E-state index in [9.17, 15) is 10.2 Å². The summed E-state index contributed by atoms with van der Waals surface area (Å²) in [7, 11) is 0. The van der Waals surface area contributed by atoms with Crippen molar-refractivity contribution >= 4 is 23.5 Å². The highest BCUT2D eigenvalue weighted by Crippen LogP contribution is 2.63. The van der Waals surface area contributed by atoms with Crippen molar-refractivity contribution in [3.05, 3.63) is 57.6 Å².